The molecule has 158 valence electrons. The van der Waals surface area contributed by atoms with Crippen molar-refractivity contribution in [1.82, 2.24) is 19.2 Å². The van der Waals surface area contributed by atoms with Crippen LogP contribution in [0.5, 0.6) is 5.75 Å². The third-order valence-corrected chi connectivity index (χ3v) is 5.68. The first-order valence-electron chi connectivity index (χ1n) is 9.58. The van der Waals surface area contributed by atoms with Crippen LogP contribution in [0.25, 0.3) is 16.7 Å². The molecule has 0 atom stereocenters. The van der Waals surface area contributed by atoms with E-state index >= 15 is 0 Å². The van der Waals surface area contributed by atoms with E-state index in [4.69, 9.17) is 4.74 Å². The molecule has 4 rings (SSSR count). The highest BCUT2D eigenvalue weighted by Crippen LogP contribution is 2.26. The summed E-state index contributed by atoms with van der Waals surface area (Å²) in [6.07, 6.45) is 1.64. The first-order chi connectivity index (χ1) is 15.0. The smallest absolute Gasteiger partial charge is 0.263 e. The molecule has 0 bridgehead atoms. The van der Waals surface area contributed by atoms with Crippen LogP contribution in [0.4, 0.5) is 5.69 Å². The lowest BCUT2D eigenvalue weighted by atomic mass is 10.2. The van der Waals surface area contributed by atoms with Gasteiger partial charge in [0.15, 0.2) is 5.16 Å². The van der Waals surface area contributed by atoms with Crippen molar-refractivity contribution in [3.63, 3.8) is 0 Å². The maximum Gasteiger partial charge on any atom is 0.263 e. The van der Waals surface area contributed by atoms with Gasteiger partial charge < -0.3 is 10.1 Å². The van der Waals surface area contributed by atoms with E-state index in [1.165, 1.54) is 16.3 Å². The van der Waals surface area contributed by atoms with E-state index in [0.29, 0.717) is 39.8 Å². The highest BCUT2D eigenvalue weighted by atomic mass is 32.2. The second-order valence-electron chi connectivity index (χ2n) is 6.88. The molecule has 31 heavy (non-hydrogen) atoms. The SMILES string of the molecule is C=CCn1c(=O)c2ccccc2n2c(SCC(=O)Nc3cc(C)ccc3OC)nnc12. The van der Waals surface area contributed by atoms with Crippen LogP contribution >= 0.6 is 11.8 Å². The van der Waals surface area contributed by atoms with Crippen LogP contribution in [0.15, 0.2) is 65.1 Å². The summed E-state index contributed by atoms with van der Waals surface area (Å²) in [6, 6.07) is 12.9. The molecule has 1 amide bonds. The Morgan fingerprint density at radius 2 is 2.06 bits per heavy atom. The quantitative estimate of drug-likeness (QED) is 0.354. The van der Waals surface area contributed by atoms with Gasteiger partial charge in [0.25, 0.3) is 5.56 Å². The molecule has 0 unspecified atom stereocenters. The molecule has 0 fully saturated rings. The Hall–Kier alpha value is -3.59. The maximum absolute atomic E-state index is 12.9. The second-order valence-corrected chi connectivity index (χ2v) is 7.82. The van der Waals surface area contributed by atoms with E-state index < -0.39 is 0 Å². The fourth-order valence-electron chi connectivity index (χ4n) is 3.36. The lowest BCUT2D eigenvalue weighted by Gasteiger charge is -2.11. The molecule has 0 aliphatic carbocycles. The number of carbonyl (C=O) groups is 1. The highest BCUT2D eigenvalue weighted by molar-refractivity contribution is 7.99. The van der Waals surface area contributed by atoms with Crippen LogP contribution in [0, 0.1) is 6.92 Å². The number of anilines is 1. The number of hydrogen-bond donors (Lipinski definition) is 1. The molecule has 2 aromatic heterocycles. The van der Waals surface area contributed by atoms with Crippen molar-refractivity contribution in [3.05, 3.63) is 71.0 Å². The molecule has 8 nitrogen and oxygen atoms in total. The average molecular weight is 436 g/mol. The van der Waals surface area contributed by atoms with Gasteiger partial charge in [0.2, 0.25) is 11.7 Å². The van der Waals surface area contributed by atoms with Gasteiger partial charge in [-0.05, 0) is 36.8 Å². The number of benzene rings is 2. The lowest BCUT2D eigenvalue weighted by Crippen LogP contribution is -2.22. The number of methoxy groups -OCH3 is 1. The van der Waals surface area contributed by atoms with Gasteiger partial charge >= 0.3 is 0 Å². The van der Waals surface area contributed by atoms with E-state index in [-0.39, 0.29) is 17.2 Å². The maximum atomic E-state index is 12.9. The standard InChI is InChI=1S/C22H21N5O3S/c1-4-11-26-20(29)15-7-5-6-8-17(15)27-21(26)24-25-22(27)31-13-19(28)23-16-12-14(2)9-10-18(16)30-3/h4-10,12H,1,11,13H2,2-3H3,(H,23,28). The van der Waals surface area contributed by atoms with E-state index in [1.807, 2.05) is 43.3 Å². The van der Waals surface area contributed by atoms with Crippen molar-refractivity contribution in [2.45, 2.75) is 18.6 Å². The monoisotopic (exact) mass is 435 g/mol. The number of amides is 1. The average Bonchev–Trinajstić information content (AvgIpc) is 3.19. The number of hydrogen-bond acceptors (Lipinski definition) is 6. The first-order valence-corrected chi connectivity index (χ1v) is 10.6. The molecule has 9 heteroatoms. The van der Waals surface area contributed by atoms with Crippen molar-refractivity contribution < 1.29 is 9.53 Å². The molecule has 0 spiro atoms. The predicted molar refractivity (Wildman–Crippen MR) is 122 cm³/mol. The largest absolute Gasteiger partial charge is 0.495 e. The van der Waals surface area contributed by atoms with Gasteiger partial charge in [-0.15, -0.1) is 16.8 Å². The number of ether oxygens (including phenoxy) is 1. The molecule has 0 radical (unpaired) electrons. The van der Waals surface area contributed by atoms with Gasteiger partial charge in [-0.1, -0.05) is 36.0 Å². The van der Waals surface area contributed by atoms with Crippen LogP contribution in [0.2, 0.25) is 0 Å². The summed E-state index contributed by atoms with van der Waals surface area (Å²) in [5.41, 5.74) is 2.16. The van der Waals surface area contributed by atoms with Crippen molar-refractivity contribution in [2.75, 3.05) is 18.2 Å². The summed E-state index contributed by atoms with van der Waals surface area (Å²) in [7, 11) is 1.56. The molecule has 0 saturated heterocycles. The Morgan fingerprint density at radius 1 is 1.26 bits per heavy atom. The first kappa shape index (κ1) is 20.7. The van der Waals surface area contributed by atoms with Crippen molar-refractivity contribution >= 4 is 40.0 Å². The van der Waals surface area contributed by atoms with Crippen LogP contribution in [0.1, 0.15) is 5.56 Å². The van der Waals surface area contributed by atoms with Gasteiger partial charge in [0.1, 0.15) is 5.75 Å². The molecule has 2 heterocycles. The number of para-hydroxylation sites is 1. The zero-order valence-electron chi connectivity index (χ0n) is 17.2. The van der Waals surface area contributed by atoms with Crippen LogP contribution in [-0.4, -0.2) is 37.9 Å². The fourth-order valence-corrected chi connectivity index (χ4v) is 4.10. The number of nitrogens with one attached hydrogen (secondary N) is 1. The van der Waals surface area contributed by atoms with Crippen molar-refractivity contribution in [1.29, 1.82) is 0 Å². The highest BCUT2D eigenvalue weighted by Gasteiger charge is 2.17. The number of carbonyl (C=O) groups excluding carboxylic acids is 1. The molecular formula is C22H21N5O3S. The van der Waals surface area contributed by atoms with Gasteiger partial charge in [-0.25, -0.2) is 0 Å². The van der Waals surface area contributed by atoms with E-state index in [2.05, 4.69) is 22.1 Å². The number of aromatic nitrogens is 4. The van der Waals surface area contributed by atoms with Crippen molar-refractivity contribution in [3.8, 4) is 5.75 Å². The predicted octanol–water partition coefficient (Wildman–Crippen LogP) is 3.28. The molecule has 2 aromatic carbocycles. The Bertz CT molecular complexity index is 1360. The normalized spacial score (nSPS) is 11.0. The molecular weight excluding hydrogens is 414 g/mol. The summed E-state index contributed by atoms with van der Waals surface area (Å²) in [4.78, 5) is 25.4. The number of allylic oxidation sites excluding steroid dienone is 1. The summed E-state index contributed by atoms with van der Waals surface area (Å²) in [6.45, 7) is 5.98. The number of thioether (sulfide) groups is 1. The molecule has 0 aliphatic rings. The van der Waals surface area contributed by atoms with Gasteiger partial charge in [0.05, 0.1) is 29.5 Å². The Kier molecular flexibility index (Phi) is 5.77. The summed E-state index contributed by atoms with van der Waals surface area (Å²) < 4.78 is 8.63. The zero-order valence-corrected chi connectivity index (χ0v) is 18.0. The van der Waals surface area contributed by atoms with Crippen LogP contribution in [0.3, 0.4) is 0 Å². The van der Waals surface area contributed by atoms with Crippen LogP contribution < -0.4 is 15.6 Å². The molecule has 0 saturated carbocycles. The summed E-state index contributed by atoms with van der Waals surface area (Å²) in [5, 5.41) is 12.4. The second kappa shape index (κ2) is 8.65. The minimum Gasteiger partial charge on any atom is -0.495 e. The zero-order chi connectivity index (χ0) is 22.0. The minimum absolute atomic E-state index is 0.118. The molecule has 1 N–H and O–H groups in total. The Balaban J connectivity index is 1.65. The number of nitrogens with zero attached hydrogens (tertiary/aromatic N) is 4. The van der Waals surface area contributed by atoms with Gasteiger partial charge in [-0.3, -0.25) is 18.6 Å². The van der Waals surface area contributed by atoms with Crippen molar-refractivity contribution in [2.24, 2.45) is 0 Å². The van der Waals surface area contributed by atoms with Gasteiger partial charge in [0, 0.05) is 6.54 Å². The summed E-state index contributed by atoms with van der Waals surface area (Å²) >= 11 is 1.24. The number of rotatable bonds is 7. The molecule has 0 aliphatic heterocycles. The lowest BCUT2D eigenvalue weighted by molar-refractivity contribution is -0.113. The van der Waals surface area contributed by atoms with E-state index in [1.54, 1.807) is 23.7 Å². The Labute approximate surface area is 182 Å². The minimum atomic E-state index is -0.200. The fraction of sp³-hybridized carbons (Fsp3) is 0.182. The number of fused-ring (bicyclic) bond motifs is 3. The van der Waals surface area contributed by atoms with Crippen LogP contribution in [-0.2, 0) is 11.3 Å². The number of aryl methyl sites for hydroxylation is 1. The third kappa shape index (κ3) is 3.91. The topological polar surface area (TPSA) is 90.5 Å². The van der Waals surface area contributed by atoms with E-state index in [9.17, 15) is 9.59 Å². The Morgan fingerprint density at radius 3 is 2.84 bits per heavy atom. The molecule has 4 aromatic rings. The summed E-state index contributed by atoms with van der Waals surface area (Å²) in [5.74, 6) is 0.921. The van der Waals surface area contributed by atoms with Gasteiger partial charge in [-0.2, -0.15) is 0 Å². The third-order valence-electron chi connectivity index (χ3n) is 4.75. The van der Waals surface area contributed by atoms with E-state index in [0.717, 1.165) is 5.56 Å².